The molecule has 0 saturated carbocycles. The van der Waals surface area contributed by atoms with Crippen LogP contribution in [0.15, 0.2) is 30.3 Å². The summed E-state index contributed by atoms with van der Waals surface area (Å²) in [6.45, 7) is 3.53. The summed E-state index contributed by atoms with van der Waals surface area (Å²) in [6.07, 6.45) is 2.05. The number of carbonyl (C=O) groups is 1. The highest BCUT2D eigenvalue weighted by Gasteiger charge is 2.25. The summed E-state index contributed by atoms with van der Waals surface area (Å²) >= 11 is 0. The first-order valence-corrected chi connectivity index (χ1v) is 6.28. The molecule has 2 rings (SSSR count). The minimum absolute atomic E-state index is 0.0681. The molecule has 2 unspecified atom stereocenters. The van der Waals surface area contributed by atoms with Gasteiger partial charge < -0.3 is 10.6 Å². The number of amides is 1. The second-order valence-electron chi connectivity index (χ2n) is 4.82. The van der Waals surface area contributed by atoms with Crippen molar-refractivity contribution < 1.29 is 4.79 Å². The summed E-state index contributed by atoms with van der Waals surface area (Å²) < 4.78 is 0. The van der Waals surface area contributed by atoms with Gasteiger partial charge in [-0.15, -0.1) is 0 Å². The minimum atomic E-state index is -0.0681. The Bertz CT molecular complexity index is 377. The molecule has 1 aliphatic rings. The van der Waals surface area contributed by atoms with E-state index in [4.69, 9.17) is 5.73 Å². The van der Waals surface area contributed by atoms with E-state index in [0.717, 1.165) is 24.9 Å². The van der Waals surface area contributed by atoms with Crippen LogP contribution in [-0.2, 0) is 4.79 Å². The van der Waals surface area contributed by atoms with Gasteiger partial charge >= 0.3 is 0 Å². The van der Waals surface area contributed by atoms with Crippen molar-refractivity contribution in [1.82, 2.24) is 4.90 Å². The van der Waals surface area contributed by atoms with Gasteiger partial charge in [0.1, 0.15) is 0 Å². The highest BCUT2D eigenvalue weighted by Crippen LogP contribution is 2.20. The van der Waals surface area contributed by atoms with Gasteiger partial charge in [-0.05, 0) is 25.3 Å². The predicted molar refractivity (Wildman–Crippen MR) is 68.6 cm³/mol. The van der Waals surface area contributed by atoms with Gasteiger partial charge in [-0.3, -0.25) is 4.79 Å². The maximum absolute atomic E-state index is 12.3. The summed E-state index contributed by atoms with van der Waals surface area (Å²) in [7, 11) is 0. The van der Waals surface area contributed by atoms with Crippen LogP contribution in [0.3, 0.4) is 0 Å². The molecule has 1 saturated heterocycles. The number of hydrogen-bond donors (Lipinski definition) is 1. The van der Waals surface area contributed by atoms with E-state index in [9.17, 15) is 4.79 Å². The SMILES string of the molecule is CC(C(=O)N1CCCC(N)C1)c1ccccc1. The van der Waals surface area contributed by atoms with Crippen LogP contribution < -0.4 is 5.73 Å². The van der Waals surface area contributed by atoms with Crippen molar-refractivity contribution in [2.45, 2.75) is 31.7 Å². The Morgan fingerprint density at radius 2 is 2.12 bits per heavy atom. The van der Waals surface area contributed by atoms with Gasteiger partial charge in [-0.1, -0.05) is 30.3 Å². The van der Waals surface area contributed by atoms with Gasteiger partial charge in [-0.25, -0.2) is 0 Å². The van der Waals surface area contributed by atoms with Gasteiger partial charge in [0.2, 0.25) is 5.91 Å². The third kappa shape index (κ3) is 2.86. The monoisotopic (exact) mass is 232 g/mol. The van der Waals surface area contributed by atoms with E-state index in [-0.39, 0.29) is 17.9 Å². The molecule has 3 nitrogen and oxygen atoms in total. The molecule has 1 aromatic rings. The summed E-state index contributed by atoms with van der Waals surface area (Å²) in [4.78, 5) is 14.2. The standard InChI is InChI=1S/C14H20N2O/c1-11(12-6-3-2-4-7-12)14(17)16-9-5-8-13(15)10-16/h2-4,6-7,11,13H,5,8-10,15H2,1H3. The van der Waals surface area contributed by atoms with Crippen LogP contribution in [0.1, 0.15) is 31.2 Å². The van der Waals surface area contributed by atoms with Gasteiger partial charge in [0.25, 0.3) is 0 Å². The molecule has 1 aromatic carbocycles. The molecule has 1 amide bonds. The van der Waals surface area contributed by atoms with Crippen molar-refractivity contribution in [2.75, 3.05) is 13.1 Å². The maximum Gasteiger partial charge on any atom is 0.229 e. The van der Waals surface area contributed by atoms with E-state index in [1.165, 1.54) is 0 Å². The lowest BCUT2D eigenvalue weighted by atomic mass is 9.98. The number of rotatable bonds is 2. The van der Waals surface area contributed by atoms with E-state index in [0.29, 0.717) is 6.54 Å². The molecule has 0 radical (unpaired) electrons. The molecule has 1 fully saturated rings. The number of carbonyl (C=O) groups excluding carboxylic acids is 1. The summed E-state index contributed by atoms with van der Waals surface area (Å²) in [5.41, 5.74) is 6.99. The van der Waals surface area contributed by atoms with E-state index in [2.05, 4.69) is 0 Å². The average Bonchev–Trinajstić information content (AvgIpc) is 2.38. The smallest absolute Gasteiger partial charge is 0.229 e. The zero-order valence-corrected chi connectivity index (χ0v) is 10.3. The third-order valence-electron chi connectivity index (χ3n) is 3.44. The number of likely N-dealkylation sites (tertiary alicyclic amines) is 1. The quantitative estimate of drug-likeness (QED) is 0.844. The molecule has 1 aliphatic heterocycles. The summed E-state index contributed by atoms with van der Waals surface area (Å²) in [5, 5.41) is 0. The molecule has 3 heteroatoms. The van der Waals surface area contributed by atoms with Crippen LogP contribution in [0.5, 0.6) is 0 Å². The number of nitrogens with two attached hydrogens (primary N) is 1. The second kappa shape index (κ2) is 5.32. The van der Waals surface area contributed by atoms with Crippen LogP contribution in [0, 0.1) is 0 Å². The average molecular weight is 232 g/mol. The summed E-state index contributed by atoms with van der Waals surface area (Å²) in [6, 6.07) is 10.1. The molecule has 0 aromatic heterocycles. The van der Waals surface area contributed by atoms with Crippen molar-refractivity contribution in [1.29, 1.82) is 0 Å². The van der Waals surface area contributed by atoms with Gasteiger partial charge in [-0.2, -0.15) is 0 Å². The van der Waals surface area contributed by atoms with Gasteiger partial charge in [0.15, 0.2) is 0 Å². The zero-order valence-electron chi connectivity index (χ0n) is 10.3. The van der Waals surface area contributed by atoms with Gasteiger partial charge in [0.05, 0.1) is 5.92 Å². The fraction of sp³-hybridized carbons (Fsp3) is 0.500. The molecular weight excluding hydrogens is 212 g/mol. The number of nitrogens with zero attached hydrogens (tertiary/aromatic N) is 1. The molecule has 0 aliphatic carbocycles. The predicted octanol–water partition coefficient (Wildman–Crippen LogP) is 1.74. The van der Waals surface area contributed by atoms with E-state index < -0.39 is 0 Å². The van der Waals surface area contributed by atoms with Crippen LogP contribution in [0.2, 0.25) is 0 Å². The first-order chi connectivity index (χ1) is 8.18. The van der Waals surface area contributed by atoms with Crippen molar-refractivity contribution in [3.63, 3.8) is 0 Å². The Hall–Kier alpha value is -1.35. The lowest BCUT2D eigenvalue weighted by Gasteiger charge is -2.32. The molecular formula is C14H20N2O. The minimum Gasteiger partial charge on any atom is -0.341 e. The van der Waals surface area contributed by atoms with Crippen LogP contribution in [0.4, 0.5) is 0 Å². The highest BCUT2D eigenvalue weighted by atomic mass is 16.2. The molecule has 0 spiro atoms. The van der Waals surface area contributed by atoms with Crippen molar-refractivity contribution in [3.05, 3.63) is 35.9 Å². The van der Waals surface area contributed by atoms with Crippen molar-refractivity contribution in [2.24, 2.45) is 5.73 Å². The first-order valence-electron chi connectivity index (χ1n) is 6.28. The maximum atomic E-state index is 12.3. The second-order valence-corrected chi connectivity index (χ2v) is 4.82. The normalized spacial score (nSPS) is 22.2. The van der Waals surface area contributed by atoms with Crippen molar-refractivity contribution in [3.8, 4) is 0 Å². The fourth-order valence-corrected chi connectivity index (χ4v) is 2.37. The summed E-state index contributed by atoms with van der Waals surface area (Å²) in [5.74, 6) is 0.132. The number of hydrogen-bond acceptors (Lipinski definition) is 2. The van der Waals surface area contributed by atoms with Crippen LogP contribution in [0.25, 0.3) is 0 Å². The Balaban J connectivity index is 2.04. The number of piperidine rings is 1. The lowest BCUT2D eigenvalue weighted by Crippen LogP contribution is -2.47. The van der Waals surface area contributed by atoms with Crippen LogP contribution >= 0.6 is 0 Å². The van der Waals surface area contributed by atoms with Crippen molar-refractivity contribution >= 4 is 5.91 Å². The Kier molecular flexibility index (Phi) is 3.79. The molecule has 17 heavy (non-hydrogen) atoms. The Labute approximate surface area is 103 Å². The molecule has 0 bridgehead atoms. The molecule has 92 valence electrons. The Morgan fingerprint density at radius 3 is 2.76 bits per heavy atom. The molecule has 2 N–H and O–H groups in total. The highest BCUT2D eigenvalue weighted by molar-refractivity contribution is 5.83. The van der Waals surface area contributed by atoms with E-state index in [1.54, 1.807) is 0 Å². The molecule has 2 atom stereocenters. The Morgan fingerprint density at radius 1 is 1.41 bits per heavy atom. The van der Waals surface area contributed by atoms with Gasteiger partial charge in [0, 0.05) is 19.1 Å². The zero-order chi connectivity index (χ0) is 12.3. The number of benzene rings is 1. The fourth-order valence-electron chi connectivity index (χ4n) is 2.37. The largest absolute Gasteiger partial charge is 0.341 e. The van der Waals surface area contributed by atoms with E-state index >= 15 is 0 Å². The first kappa shape index (κ1) is 12.1. The lowest BCUT2D eigenvalue weighted by molar-refractivity contribution is -0.133. The van der Waals surface area contributed by atoms with Crippen LogP contribution in [-0.4, -0.2) is 29.9 Å². The topological polar surface area (TPSA) is 46.3 Å². The van der Waals surface area contributed by atoms with E-state index in [1.807, 2.05) is 42.2 Å². The molecule has 1 heterocycles. The third-order valence-corrected chi connectivity index (χ3v) is 3.44.